The number of aliphatic hydroxyl groups is 2. The Morgan fingerprint density at radius 1 is 0.971 bits per heavy atom. The van der Waals surface area contributed by atoms with Gasteiger partial charge in [-0.25, -0.2) is 4.79 Å². The fourth-order valence-corrected chi connectivity index (χ4v) is 10.7. The summed E-state index contributed by atoms with van der Waals surface area (Å²) in [6.07, 6.45) is 11.4. The Balaban J connectivity index is 1.60. The van der Waals surface area contributed by atoms with Crippen LogP contribution in [0.4, 0.5) is 0 Å². The van der Waals surface area contributed by atoms with Crippen molar-refractivity contribution in [1.82, 2.24) is 0 Å². The highest BCUT2D eigenvalue weighted by atomic mass is 17.1. The first-order chi connectivity index (χ1) is 16.2. The van der Waals surface area contributed by atoms with Gasteiger partial charge in [0.1, 0.15) is 0 Å². The highest BCUT2D eigenvalue weighted by Gasteiger charge is 2.69. The van der Waals surface area contributed by atoms with Gasteiger partial charge in [-0.3, -0.25) is 0 Å². The minimum absolute atomic E-state index is 0.000256. The van der Waals surface area contributed by atoms with Crippen LogP contribution in [-0.4, -0.2) is 34.2 Å². The predicted octanol–water partition coefficient (Wildman–Crippen LogP) is 6.14. The SMILES string of the molecule is CC1(C)[C@@H](O)CC[C@]2(C)[C@H]3CC=C4[C@@H]5C[C@](C)(CO)CC[C@]5(C(=O)OO)CC[C@@]4(C)[C@]3(C)CC[C@@H]12. The molecular formula is C30H48O5. The Labute approximate surface area is 211 Å². The van der Waals surface area contributed by atoms with Gasteiger partial charge < -0.3 is 15.1 Å². The fourth-order valence-electron chi connectivity index (χ4n) is 10.7. The molecule has 4 saturated carbocycles. The number of hydrogen-bond acceptors (Lipinski definition) is 5. The zero-order valence-electron chi connectivity index (χ0n) is 22.8. The molecule has 0 unspecified atom stereocenters. The molecule has 9 atom stereocenters. The second-order valence-electron chi connectivity index (χ2n) is 14.9. The van der Waals surface area contributed by atoms with Crippen LogP contribution in [0, 0.1) is 50.2 Å². The van der Waals surface area contributed by atoms with Crippen molar-refractivity contribution in [2.75, 3.05) is 6.61 Å². The molecule has 0 aromatic heterocycles. The van der Waals surface area contributed by atoms with Crippen molar-refractivity contribution >= 4 is 5.97 Å². The van der Waals surface area contributed by atoms with E-state index in [-0.39, 0.29) is 45.7 Å². The van der Waals surface area contributed by atoms with Gasteiger partial charge in [-0.05, 0) is 109 Å². The number of hydrogen-bond donors (Lipinski definition) is 3. The third kappa shape index (κ3) is 3.13. The topological polar surface area (TPSA) is 87.0 Å². The fraction of sp³-hybridized carbons (Fsp3) is 0.900. The van der Waals surface area contributed by atoms with Gasteiger partial charge in [0, 0.05) is 6.61 Å². The lowest BCUT2D eigenvalue weighted by Crippen LogP contribution is -2.65. The van der Waals surface area contributed by atoms with E-state index in [1.165, 1.54) is 5.57 Å². The van der Waals surface area contributed by atoms with Gasteiger partial charge >= 0.3 is 5.97 Å². The normalized spacial score (nSPS) is 52.8. The summed E-state index contributed by atoms with van der Waals surface area (Å²) >= 11 is 0. The molecule has 0 spiro atoms. The lowest BCUT2D eigenvalue weighted by molar-refractivity contribution is -0.256. The lowest BCUT2D eigenvalue weighted by atomic mass is 9.33. The zero-order chi connectivity index (χ0) is 25.7. The van der Waals surface area contributed by atoms with Crippen LogP contribution < -0.4 is 0 Å². The van der Waals surface area contributed by atoms with E-state index in [0.717, 1.165) is 57.8 Å². The molecule has 0 amide bonds. The Hall–Kier alpha value is -0.910. The average Bonchev–Trinajstić information content (AvgIpc) is 2.81. The highest BCUT2D eigenvalue weighted by Crippen LogP contribution is 2.75. The molecule has 5 nitrogen and oxygen atoms in total. The van der Waals surface area contributed by atoms with E-state index in [1.807, 2.05) is 0 Å². The van der Waals surface area contributed by atoms with E-state index >= 15 is 0 Å². The molecule has 5 aliphatic carbocycles. The average molecular weight is 489 g/mol. The molecule has 5 aliphatic rings. The quantitative estimate of drug-likeness (QED) is 0.247. The molecule has 3 N–H and O–H groups in total. The molecule has 0 heterocycles. The standard InChI is InChI=1S/C30H48O5/c1-25(2)21-9-12-29(6)22(27(21,4)11-10-23(25)32)8-7-19-20-17-26(3,18-31)13-15-30(20,24(33)35-34)16-14-28(19,29)5/h7,20-23,31-32,34H,8-18H2,1-6H3/t20-,21-,22+,23-,26+,27-,28+,29+,30-/m0/s1. The Kier molecular flexibility index (Phi) is 5.73. The molecule has 0 bridgehead atoms. The van der Waals surface area contributed by atoms with Crippen molar-refractivity contribution in [3.8, 4) is 0 Å². The van der Waals surface area contributed by atoms with Crippen molar-refractivity contribution in [3.05, 3.63) is 11.6 Å². The summed E-state index contributed by atoms with van der Waals surface area (Å²) in [4.78, 5) is 17.6. The molecule has 0 radical (unpaired) electrons. The number of carbonyl (C=O) groups excluding carboxylic acids is 1. The van der Waals surface area contributed by atoms with Crippen molar-refractivity contribution in [2.45, 2.75) is 112 Å². The smallest absolute Gasteiger partial charge is 0.348 e. The van der Waals surface area contributed by atoms with Crippen molar-refractivity contribution < 1.29 is 25.2 Å². The van der Waals surface area contributed by atoms with Gasteiger partial charge in [0.2, 0.25) is 0 Å². The van der Waals surface area contributed by atoms with Crippen LogP contribution in [0.25, 0.3) is 0 Å². The summed E-state index contributed by atoms with van der Waals surface area (Å²) in [5.74, 6) is 0.574. The van der Waals surface area contributed by atoms with Crippen LogP contribution >= 0.6 is 0 Å². The summed E-state index contributed by atoms with van der Waals surface area (Å²) < 4.78 is 0. The van der Waals surface area contributed by atoms with Crippen molar-refractivity contribution in [1.29, 1.82) is 0 Å². The molecule has 35 heavy (non-hydrogen) atoms. The van der Waals surface area contributed by atoms with E-state index in [0.29, 0.717) is 18.3 Å². The van der Waals surface area contributed by atoms with Crippen LogP contribution in [0.1, 0.15) is 106 Å². The minimum Gasteiger partial charge on any atom is -0.396 e. The maximum atomic E-state index is 13.1. The number of allylic oxidation sites excluding steroid dienone is 2. The van der Waals surface area contributed by atoms with Crippen molar-refractivity contribution in [3.63, 3.8) is 0 Å². The summed E-state index contributed by atoms with van der Waals surface area (Å²) in [6, 6.07) is 0. The highest BCUT2D eigenvalue weighted by molar-refractivity contribution is 5.78. The van der Waals surface area contributed by atoms with Crippen LogP contribution in [0.2, 0.25) is 0 Å². The zero-order valence-corrected chi connectivity index (χ0v) is 22.8. The van der Waals surface area contributed by atoms with E-state index in [1.54, 1.807) is 0 Å². The molecular weight excluding hydrogens is 440 g/mol. The Bertz CT molecular complexity index is 926. The predicted molar refractivity (Wildman–Crippen MR) is 135 cm³/mol. The first kappa shape index (κ1) is 25.7. The van der Waals surface area contributed by atoms with E-state index in [2.05, 4.69) is 52.5 Å². The molecule has 0 aromatic carbocycles. The second kappa shape index (κ2) is 7.80. The van der Waals surface area contributed by atoms with Gasteiger partial charge in [0.05, 0.1) is 11.5 Å². The van der Waals surface area contributed by atoms with Crippen molar-refractivity contribution in [2.24, 2.45) is 50.2 Å². The molecule has 0 aliphatic heterocycles. The van der Waals surface area contributed by atoms with E-state index < -0.39 is 11.4 Å². The van der Waals surface area contributed by atoms with Crippen LogP contribution in [0.5, 0.6) is 0 Å². The van der Waals surface area contributed by atoms with Gasteiger partial charge in [0.15, 0.2) is 0 Å². The van der Waals surface area contributed by atoms with Crippen LogP contribution in [0.15, 0.2) is 11.6 Å². The van der Waals surface area contributed by atoms with Gasteiger partial charge in [-0.15, -0.1) is 0 Å². The van der Waals surface area contributed by atoms with E-state index in [9.17, 15) is 20.3 Å². The molecule has 4 fully saturated rings. The summed E-state index contributed by atoms with van der Waals surface area (Å²) in [5.41, 5.74) is 0.697. The third-order valence-corrected chi connectivity index (χ3v) is 13.4. The molecule has 0 saturated heterocycles. The number of fused-ring (bicyclic) bond motifs is 7. The molecule has 5 heteroatoms. The number of carbonyl (C=O) groups is 1. The lowest BCUT2D eigenvalue weighted by Gasteiger charge is -2.71. The Morgan fingerprint density at radius 3 is 2.31 bits per heavy atom. The summed E-state index contributed by atoms with van der Waals surface area (Å²) in [7, 11) is 0. The first-order valence-corrected chi connectivity index (χ1v) is 14.1. The van der Waals surface area contributed by atoms with Gasteiger partial charge in [0.25, 0.3) is 0 Å². The van der Waals surface area contributed by atoms with Crippen LogP contribution in [0.3, 0.4) is 0 Å². The van der Waals surface area contributed by atoms with Crippen LogP contribution in [-0.2, 0) is 9.68 Å². The third-order valence-electron chi connectivity index (χ3n) is 13.4. The van der Waals surface area contributed by atoms with Gasteiger partial charge in [-0.2, -0.15) is 5.26 Å². The molecule has 198 valence electrons. The Morgan fingerprint density at radius 2 is 1.66 bits per heavy atom. The summed E-state index contributed by atoms with van der Waals surface area (Å²) in [6.45, 7) is 14.3. The van der Waals surface area contributed by atoms with E-state index in [4.69, 9.17) is 0 Å². The largest absolute Gasteiger partial charge is 0.396 e. The maximum absolute atomic E-state index is 13.1. The minimum atomic E-state index is -0.685. The monoisotopic (exact) mass is 488 g/mol. The summed E-state index contributed by atoms with van der Waals surface area (Å²) in [5, 5.41) is 30.6. The molecule has 0 aromatic rings. The number of aliphatic hydroxyl groups excluding tert-OH is 2. The molecule has 5 rings (SSSR count). The second-order valence-corrected chi connectivity index (χ2v) is 14.9. The number of rotatable bonds is 2. The maximum Gasteiger partial charge on any atom is 0.348 e. The first-order valence-electron chi connectivity index (χ1n) is 14.1. The van der Waals surface area contributed by atoms with Gasteiger partial charge in [-0.1, -0.05) is 53.2 Å².